The molecule has 8 aromatic rings. The van der Waals surface area contributed by atoms with Gasteiger partial charge in [-0.1, -0.05) is 39.1 Å². The maximum Gasteiger partial charge on any atom is 0.442 e. The van der Waals surface area contributed by atoms with Crippen LogP contribution in [0, 0.1) is 0 Å². The van der Waals surface area contributed by atoms with Crippen molar-refractivity contribution >= 4 is 128 Å². The molecule has 88 heavy (non-hydrogen) atoms. The Morgan fingerprint density at radius 3 is 1.45 bits per heavy atom. The minimum atomic E-state index is -3.30. The molecule has 24 nitrogen and oxygen atoms in total. The molecule has 2 aromatic carbocycles. The van der Waals surface area contributed by atoms with Gasteiger partial charge in [0.05, 0.1) is 24.1 Å². The van der Waals surface area contributed by atoms with Crippen molar-refractivity contribution in [3.8, 4) is 22.3 Å². The molecule has 2 aliphatic rings. The number of halogens is 5. The van der Waals surface area contributed by atoms with Gasteiger partial charge in [0.1, 0.15) is 85.1 Å². The number of nitrogens with zero attached hydrogens (tertiary/aromatic N) is 13. The van der Waals surface area contributed by atoms with Crippen molar-refractivity contribution in [1.29, 1.82) is 0 Å². The first-order valence-electron chi connectivity index (χ1n) is 26.2. The van der Waals surface area contributed by atoms with Gasteiger partial charge in [0.15, 0.2) is 11.6 Å². The number of nitrogens with one attached hydrogen (secondary N) is 2. The number of fused-ring (bicyclic) bond motifs is 2. The van der Waals surface area contributed by atoms with Crippen LogP contribution in [0.2, 0.25) is 5.28 Å². The zero-order valence-corrected chi connectivity index (χ0v) is 51.3. The maximum atomic E-state index is 14.5. The minimum Gasteiger partial charge on any atom is -0.442 e. The number of rotatable bonds is 13. The van der Waals surface area contributed by atoms with Crippen molar-refractivity contribution in [2.75, 3.05) is 30.0 Å². The summed E-state index contributed by atoms with van der Waals surface area (Å²) >= 11 is 12.3. The average Bonchev–Trinajstić information content (AvgIpc) is 1.72. The van der Waals surface area contributed by atoms with Crippen LogP contribution in [0.15, 0.2) is 116 Å². The largest absolute Gasteiger partial charge is 0.442 e. The second kappa shape index (κ2) is 27.7. The number of aromatic nitrogens is 10. The number of benzene rings is 2. The van der Waals surface area contributed by atoms with Gasteiger partial charge in [-0.05, 0) is 124 Å². The number of pyridine rings is 2. The van der Waals surface area contributed by atoms with E-state index in [1.54, 1.807) is 106 Å². The van der Waals surface area contributed by atoms with Gasteiger partial charge in [0, 0.05) is 79.6 Å². The Bertz CT molecular complexity index is 4140. The predicted octanol–water partition coefficient (Wildman–Crippen LogP) is 10.2. The van der Waals surface area contributed by atoms with Gasteiger partial charge < -0.3 is 25.2 Å². The van der Waals surface area contributed by atoms with Crippen molar-refractivity contribution in [2.45, 2.75) is 111 Å². The molecule has 462 valence electrons. The Morgan fingerprint density at radius 1 is 0.659 bits per heavy atom. The average molecular weight is 1380 g/mol. The fourth-order valence-electron chi connectivity index (χ4n) is 9.50. The highest BCUT2D eigenvalue weighted by atomic mass is 79.9. The van der Waals surface area contributed by atoms with E-state index < -0.39 is 69.5 Å². The summed E-state index contributed by atoms with van der Waals surface area (Å²) in [6, 6.07) is 18.2. The number of alkyl halides is 2. The second-order valence-corrected chi connectivity index (χ2v) is 25.0. The maximum absolute atomic E-state index is 14.5. The first-order valence-corrected chi connectivity index (χ1v) is 30.1. The van der Waals surface area contributed by atoms with E-state index in [0.29, 0.717) is 47.7 Å². The van der Waals surface area contributed by atoms with E-state index in [0.717, 1.165) is 5.56 Å². The monoisotopic (exact) mass is 1370 g/mol. The summed E-state index contributed by atoms with van der Waals surface area (Å²) in [4.78, 5) is 117. The first kappa shape index (κ1) is 67.1. The SMILES string of the molecule is C.C.CC(=O)c1nn(CC(=O)N2C[C@H](F)C[C@H]2C(=O)Nc2cccc(Br)n2)c2ccc(-c3cnc(Cl)nc3)cc12.CC(=O)c1nn(CC(=O)N2C[C@H](F)C[C@H]2C(=O)Nc2cccc(Br)n2)c2ccc(-c3cnc(S(C)(=O)=NC(=O)OC(C)(C)C)nc3)cc12. The van der Waals surface area contributed by atoms with Crippen LogP contribution in [0.25, 0.3) is 44.1 Å². The minimum absolute atomic E-state index is 0. The number of ether oxygens (including phenoxy) is 1. The molecule has 2 aliphatic heterocycles. The summed E-state index contributed by atoms with van der Waals surface area (Å²) in [6.45, 7) is 6.60. The quantitative estimate of drug-likeness (QED) is 0.0616. The van der Waals surface area contributed by atoms with Gasteiger partial charge in [-0.3, -0.25) is 38.1 Å². The van der Waals surface area contributed by atoms with Crippen LogP contribution in [0.4, 0.5) is 25.2 Å². The summed E-state index contributed by atoms with van der Waals surface area (Å²) in [6.07, 6.45) is 3.14. The molecule has 1 unspecified atom stereocenters. The third kappa shape index (κ3) is 15.8. The number of ketones is 2. The van der Waals surface area contributed by atoms with Crippen LogP contribution in [0.5, 0.6) is 0 Å². The van der Waals surface area contributed by atoms with Crippen molar-refractivity contribution in [3.05, 3.63) is 123 Å². The summed E-state index contributed by atoms with van der Waals surface area (Å²) < 4.78 is 54.5. The first-order chi connectivity index (χ1) is 40.7. The van der Waals surface area contributed by atoms with Gasteiger partial charge in [-0.2, -0.15) is 10.2 Å². The molecule has 0 radical (unpaired) electrons. The molecule has 5 atom stereocenters. The van der Waals surface area contributed by atoms with Crippen LogP contribution in [-0.4, -0.2) is 154 Å². The molecule has 0 bridgehead atoms. The van der Waals surface area contributed by atoms with Crippen LogP contribution < -0.4 is 10.6 Å². The number of Topliss-reactive ketones (excluding diaryl/α,β-unsaturated/α-hetero) is 2. The number of carbonyl (C=O) groups is 7. The Morgan fingerprint density at radius 2 is 1.07 bits per heavy atom. The Hall–Kier alpha value is -8.41. The molecular formula is C58H60Br2ClF2N15O9S. The summed E-state index contributed by atoms with van der Waals surface area (Å²) in [5.74, 6) is -2.25. The lowest BCUT2D eigenvalue weighted by molar-refractivity contribution is -0.137. The van der Waals surface area contributed by atoms with Gasteiger partial charge in [0.25, 0.3) is 0 Å². The van der Waals surface area contributed by atoms with Crippen molar-refractivity contribution in [3.63, 3.8) is 0 Å². The van der Waals surface area contributed by atoms with Gasteiger partial charge in [-0.25, -0.2) is 47.7 Å². The number of carbonyl (C=O) groups excluding carboxylic acids is 7. The van der Waals surface area contributed by atoms with Crippen molar-refractivity contribution in [1.82, 2.24) is 59.3 Å². The highest BCUT2D eigenvalue weighted by molar-refractivity contribution is 9.10. The third-order valence-electron chi connectivity index (χ3n) is 13.3. The van der Waals surface area contributed by atoms with E-state index in [1.165, 1.54) is 51.7 Å². The van der Waals surface area contributed by atoms with Crippen LogP contribution in [0.1, 0.15) is 83.3 Å². The molecule has 8 heterocycles. The molecule has 10 rings (SSSR count). The van der Waals surface area contributed by atoms with Crippen molar-refractivity contribution in [2.24, 2.45) is 4.36 Å². The predicted molar refractivity (Wildman–Crippen MR) is 332 cm³/mol. The smallest absolute Gasteiger partial charge is 0.442 e. The Labute approximate surface area is 526 Å². The lowest BCUT2D eigenvalue weighted by Gasteiger charge is -2.23. The molecule has 2 fully saturated rings. The fraction of sp³-hybridized carbons (Fsp3) is 0.328. The van der Waals surface area contributed by atoms with E-state index in [2.05, 4.69) is 87.0 Å². The van der Waals surface area contributed by atoms with Crippen molar-refractivity contribution < 1.29 is 51.3 Å². The zero-order chi connectivity index (χ0) is 61.9. The fourth-order valence-corrected chi connectivity index (χ4v) is 11.2. The molecule has 6 aromatic heterocycles. The molecule has 2 N–H and O–H groups in total. The normalized spacial score (nSPS) is 16.9. The topological polar surface area (TPSA) is 302 Å². The standard InChI is InChI=1S/C31H32BrFN8O6S.C25H20BrClFN7O3.2CH4/c1-17(42)27-21-11-18(19-13-34-29(35-14-19)48(5,46)39-30(45)47-31(2,3)4)9-10-22(21)41(38-27)16-26(43)40-15-20(33)12-23(40)28(44)37-25-8-6-7-24(32)36-25;1-13(36)23-17-7-14(15-9-29-25(27)30-10-15)5-6-18(17)35(33-23)12-22(37)34-11-16(28)8-19(34)24(38)32-21-4-2-3-20(26)31-21;;/h6-11,13-14,20,23H,12,15-16H2,1-5H3,(H,36,37,44);2-7,9-10,16,19H,8,11-12H2,1H3,(H,31,32,38);2*1H4/t20-,23+,48?;16-,19+;;/m11../s1. The number of anilines is 2. The molecule has 5 amide bonds. The number of hydrogen-bond donors (Lipinski definition) is 2. The second-order valence-electron chi connectivity index (χ2n) is 20.9. The molecule has 0 saturated carbocycles. The number of hydrogen-bond acceptors (Lipinski definition) is 17. The molecule has 0 aliphatic carbocycles. The molecule has 30 heteroatoms. The van der Waals surface area contributed by atoms with E-state index >= 15 is 0 Å². The molecular weight excluding hydrogens is 1320 g/mol. The van der Waals surface area contributed by atoms with E-state index in [1.807, 2.05) is 0 Å². The lowest BCUT2D eigenvalue weighted by Crippen LogP contribution is -2.44. The Balaban J connectivity index is 0.000000251. The van der Waals surface area contributed by atoms with Crippen LogP contribution in [0.3, 0.4) is 0 Å². The van der Waals surface area contributed by atoms with Gasteiger partial charge in [-0.15, -0.1) is 4.36 Å². The summed E-state index contributed by atoms with van der Waals surface area (Å²) in [5, 5.41) is 15.0. The van der Waals surface area contributed by atoms with E-state index in [9.17, 15) is 46.6 Å². The number of likely N-dealkylation sites (tertiary alicyclic amines) is 2. The highest BCUT2D eigenvalue weighted by Crippen LogP contribution is 2.31. The molecule has 0 spiro atoms. The summed E-state index contributed by atoms with van der Waals surface area (Å²) in [5.41, 5.74) is 2.99. The zero-order valence-electron chi connectivity index (χ0n) is 46.6. The highest BCUT2D eigenvalue weighted by Gasteiger charge is 2.42. The number of amides is 5. The van der Waals surface area contributed by atoms with Gasteiger partial charge >= 0.3 is 6.09 Å². The van der Waals surface area contributed by atoms with E-state index in [-0.39, 0.29) is 98.9 Å². The van der Waals surface area contributed by atoms with E-state index in [4.69, 9.17) is 16.3 Å². The van der Waals surface area contributed by atoms with Gasteiger partial charge in [0.2, 0.25) is 34.1 Å². The molecule has 2 saturated heterocycles. The Kier molecular flexibility index (Phi) is 21.2. The van der Waals surface area contributed by atoms with Crippen LogP contribution >= 0.6 is 43.5 Å². The summed E-state index contributed by atoms with van der Waals surface area (Å²) in [7, 11) is -3.30. The van der Waals surface area contributed by atoms with Crippen LogP contribution in [-0.2, 0) is 46.7 Å². The third-order valence-corrected chi connectivity index (χ3v) is 15.8. The lowest BCUT2D eigenvalue weighted by atomic mass is 10.0.